The SMILES string of the molecule is C=CCO[C@@]12Oc3ccc(OC(=O)NCC)cc3[C@H]3[C@H](CCCCO)[C@@H](CCCCO)C=C(C(=NOCc4ccccc4)C[C@@H]1N(CCC)C(=O)OCCOCc1ccccc1)[C@H]32. The van der Waals surface area contributed by atoms with Gasteiger partial charge in [0.2, 0.25) is 5.79 Å². The van der Waals surface area contributed by atoms with Gasteiger partial charge in [-0.05, 0) is 85.8 Å². The molecule has 0 spiro atoms. The molecule has 3 aromatic rings. The van der Waals surface area contributed by atoms with E-state index in [1.807, 2.05) is 86.6 Å². The predicted octanol–water partition coefficient (Wildman–Crippen LogP) is 8.69. The Bertz CT molecular complexity index is 1980. The molecule has 63 heavy (non-hydrogen) atoms. The van der Waals surface area contributed by atoms with E-state index in [2.05, 4.69) is 18.0 Å². The summed E-state index contributed by atoms with van der Waals surface area (Å²) in [6, 6.07) is 24.3. The lowest BCUT2D eigenvalue weighted by Gasteiger charge is -2.59. The maximum Gasteiger partial charge on any atom is 0.412 e. The van der Waals surface area contributed by atoms with Crippen molar-refractivity contribution < 1.29 is 48.3 Å². The predicted molar refractivity (Wildman–Crippen MR) is 240 cm³/mol. The molecule has 1 saturated carbocycles. The van der Waals surface area contributed by atoms with Crippen LogP contribution in [0.25, 0.3) is 0 Å². The maximum absolute atomic E-state index is 14.5. The van der Waals surface area contributed by atoms with Crippen molar-refractivity contribution in [2.75, 3.05) is 46.1 Å². The molecular formula is C50H65N3O10. The zero-order valence-electron chi connectivity index (χ0n) is 36.8. The smallest absolute Gasteiger partial charge is 0.412 e. The molecule has 1 fully saturated rings. The number of hydrogen-bond donors (Lipinski definition) is 3. The molecule has 2 aliphatic carbocycles. The molecule has 0 saturated heterocycles. The van der Waals surface area contributed by atoms with Crippen LogP contribution in [-0.4, -0.2) is 91.0 Å². The molecular weight excluding hydrogens is 803 g/mol. The summed E-state index contributed by atoms with van der Waals surface area (Å²) in [6.45, 7) is 9.75. The van der Waals surface area contributed by atoms with E-state index in [0.717, 1.165) is 47.9 Å². The minimum atomic E-state index is -1.46. The number of benzene rings is 3. The Labute approximate surface area is 372 Å². The molecule has 0 radical (unpaired) electrons. The summed E-state index contributed by atoms with van der Waals surface area (Å²) in [7, 11) is 0. The van der Waals surface area contributed by atoms with Crippen LogP contribution >= 0.6 is 0 Å². The van der Waals surface area contributed by atoms with Crippen molar-refractivity contribution in [2.24, 2.45) is 22.9 Å². The van der Waals surface area contributed by atoms with Crippen molar-refractivity contribution in [1.82, 2.24) is 10.2 Å². The fourth-order valence-electron chi connectivity index (χ4n) is 9.41. The normalized spacial score (nSPS) is 22.8. The molecule has 6 atom stereocenters. The van der Waals surface area contributed by atoms with Gasteiger partial charge in [-0.15, -0.1) is 6.58 Å². The first-order valence-electron chi connectivity index (χ1n) is 22.6. The molecule has 340 valence electrons. The maximum atomic E-state index is 14.5. The highest BCUT2D eigenvalue weighted by Gasteiger charge is 2.65. The van der Waals surface area contributed by atoms with Crippen molar-refractivity contribution in [3.8, 4) is 11.5 Å². The lowest BCUT2D eigenvalue weighted by Crippen LogP contribution is -2.70. The van der Waals surface area contributed by atoms with E-state index in [4.69, 9.17) is 33.7 Å². The second-order valence-corrected chi connectivity index (χ2v) is 16.3. The zero-order chi connectivity index (χ0) is 44.4. The third-order valence-corrected chi connectivity index (χ3v) is 12.1. The number of oxime groups is 1. The lowest BCUT2D eigenvalue weighted by atomic mass is 9.55. The van der Waals surface area contributed by atoms with Gasteiger partial charge >= 0.3 is 12.2 Å². The van der Waals surface area contributed by atoms with Crippen LogP contribution in [0.5, 0.6) is 11.5 Å². The number of allylic oxidation sites excluding steroid dienone is 1. The molecule has 3 N–H and O–H groups in total. The fourth-order valence-corrected chi connectivity index (χ4v) is 9.41. The first-order valence-corrected chi connectivity index (χ1v) is 22.6. The third kappa shape index (κ3) is 11.9. The van der Waals surface area contributed by atoms with Gasteiger partial charge in [-0.1, -0.05) is 97.7 Å². The van der Waals surface area contributed by atoms with E-state index in [-0.39, 0.29) is 63.8 Å². The number of rotatable bonds is 24. The highest BCUT2D eigenvalue weighted by Crippen LogP contribution is 2.62. The monoisotopic (exact) mass is 867 g/mol. The first-order chi connectivity index (χ1) is 30.9. The average molecular weight is 868 g/mol. The summed E-state index contributed by atoms with van der Waals surface area (Å²) in [5.74, 6) is -1.33. The summed E-state index contributed by atoms with van der Waals surface area (Å²) in [4.78, 5) is 35.2. The fraction of sp³-hybridized carbons (Fsp3) is 0.500. The number of fused-ring (bicyclic) bond motifs is 2. The lowest BCUT2D eigenvalue weighted by molar-refractivity contribution is -0.255. The van der Waals surface area contributed by atoms with E-state index in [1.54, 1.807) is 17.0 Å². The molecule has 6 rings (SSSR count). The van der Waals surface area contributed by atoms with Gasteiger partial charge in [0, 0.05) is 44.2 Å². The summed E-state index contributed by atoms with van der Waals surface area (Å²) in [5, 5.41) is 27.5. The average Bonchev–Trinajstić information content (AvgIpc) is 3.29. The van der Waals surface area contributed by atoms with E-state index >= 15 is 0 Å². The van der Waals surface area contributed by atoms with Gasteiger partial charge in [0.05, 0.1) is 31.5 Å². The second-order valence-electron chi connectivity index (χ2n) is 16.3. The second kappa shape index (κ2) is 24.0. The van der Waals surface area contributed by atoms with Crippen LogP contribution in [0, 0.1) is 17.8 Å². The number of hydrogen-bond acceptors (Lipinski definition) is 11. The Hall–Kier alpha value is -5.21. The van der Waals surface area contributed by atoms with E-state index < -0.39 is 29.9 Å². The minimum absolute atomic E-state index is 0.00311. The molecule has 13 nitrogen and oxygen atoms in total. The van der Waals surface area contributed by atoms with Gasteiger partial charge < -0.3 is 44.1 Å². The van der Waals surface area contributed by atoms with E-state index in [1.165, 1.54) is 0 Å². The number of carbonyl (C=O) groups is 2. The van der Waals surface area contributed by atoms with Gasteiger partial charge in [-0.2, -0.15) is 0 Å². The Morgan fingerprint density at radius 1 is 0.937 bits per heavy atom. The zero-order valence-corrected chi connectivity index (χ0v) is 36.8. The van der Waals surface area contributed by atoms with Crippen molar-refractivity contribution in [3.63, 3.8) is 0 Å². The van der Waals surface area contributed by atoms with Gasteiger partial charge in [0.25, 0.3) is 0 Å². The third-order valence-electron chi connectivity index (χ3n) is 12.1. The Balaban J connectivity index is 1.48. The largest absolute Gasteiger partial charge is 0.459 e. The van der Waals surface area contributed by atoms with Crippen molar-refractivity contribution in [2.45, 2.75) is 96.2 Å². The van der Waals surface area contributed by atoms with Gasteiger partial charge in [0.1, 0.15) is 30.8 Å². The minimum Gasteiger partial charge on any atom is -0.459 e. The van der Waals surface area contributed by atoms with E-state index in [9.17, 15) is 19.8 Å². The van der Waals surface area contributed by atoms with Crippen molar-refractivity contribution >= 4 is 17.9 Å². The van der Waals surface area contributed by atoms with Crippen molar-refractivity contribution in [3.05, 3.63) is 120 Å². The van der Waals surface area contributed by atoms with Gasteiger partial charge in [-0.25, -0.2) is 9.59 Å². The Morgan fingerprint density at radius 3 is 2.33 bits per heavy atom. The van der Waals surface area contributed by atoms with Crippen LogP contribution in [0.15, 0.2) is 108 Å². The number of nitrogens with zero attached hydrogens (tertiary/aromatic N) is 2. The first kappa shape index (κ1) is 47.3. The quantitative estimate of drug-likeness (QED) is 0.0452. The number of aliphatic hydroxyl groups excluding tert-OH is 2. The summed E-state index contributed by atoms with van der Waals surface area (Å²) in [5.41, 5.74) is 4.40. The molecule has 1 aliphatic heterocycles. The number of aliphatic hydroxyl groups is 2. The van der Waals surface area contributed by atoms with Crippen LogP contribution < -0.4 is 14.8 Å². The topological polar surface area (TPSA) is 158 Å². The highest BCUT2D eigenvalue weighted by atomic mass is 16.7. The number of carbonyl (C=O) groups excluding carboxylic acids is 2. The van der Waals surface area contributed by atoms with Crippen LogP contribution in [0.3, 0.4) is 0 Å². The van der Waals surface area contributed by atoms with Crippen LogP contribution in [-0.2, 0) is 32.3 Å². The van der Waals surface area contributed by atoms with Gasteiger partial charge in [0.15, 0.2) is 0 Å². The molecule has 0 aromatic heterocycles. The molecule has 1 heterocycles. The summed E-state index contributed by atoms with van der Waals surface area (Å²) in [6.07, 6.45) is 8.14. The molecule has 3 aliphatic rings. The number of nitrogens with one attached hydrogen (secondary N) is 1. The van der Waals surface area contributed by atoms with Gasteiger partial charge in [-0.3, -0.25) is 4.90 Å². The number of unbranched alkanes of at least 4 members (excludes halogenated alkanes) is 2. The Morgan fingerprint density at radius 2 is 1.65 bits per heavy atom. The highest BCUT2D eigenvalue weighted by molar-refractivity contribution is 6.03. The summed E-state index contributed by atoms with van der Waals surface area (Å²) < 4.78 is 32.0. The van der Waals surface area contributed by atoms with Crippen LogP contribution in [0.2, 0.25) is 0 Å². The molecule has 3 aromatic carbocycles. The van der Waals surface area contributed by atoms with Crippen LogP contribution in [0.4, 0.5) is 9.59 Å². The van der Waals surface area contributed by atoms with E-state index in [0.29, 0.717) is 56.2 Å². The number of ether oxygens (including phenoxy) is 5. The molecule has 0 unspecified atom stereocenters. The van der Waals surface area contributed by atoms with Crippen LogP contribution in [0.1, 0.15) is 87.8 Å². The number of amides is 2. The summed E-state index contributed by atoms with van der Waals surface area (Å²) >= 11 is 0. The molecule has 0 bridgehead atoms. The van der Waals surface area contributed by atoms with Crippen molar-refractivity contribution in [1.29, 1.82) is 0 Å². The molecule has 13 heteroatoms. The molecule has 2 amide bonds. The Kier molecular flexibility index (Phi) is 18.0. The standard InChI is InChI=1S/C50H65N3O10/c1-4-25-53(49(57)59-30-29-58-34-36-17-9-7-10-18-36)45-33-43(52-61-35-37-19-11-8-12-20-37)41-31-38(21-13-15-26-54)40(22-14-16-27-55)46-42-32-39(62-48(56)51-6-3)23-24-44(42)63-50(45,47(41)46)60-28-5-2/h5,7-12,17-20,23-24,31-32,38,40,45-47,54-55H,2,4,6,13-16,21-22,25-30,33-35H2,1,3H3,(H,51,56)/t38-,40+,45-,46+,47+,50+/m0/s1.